The molecule has 0 unspecified atom stereocenters. The van der Waals surface area contributed by atoms with Gasteiger partial charge in [0, 0.05) is 24.8 Å². The summed E-state index contributed by atoms with van der Waals surface area (Å²) in [7, 11) is 3.66. The van der Waals surface area contributed by atoms with Crippen LogP contribution in [0.2, 0.25) is 0 Å². The monoisotopic (exact) mass is 267 g/mol. The molecule has 4 heteroatoms. The Balaban J connectivity index is 2.05. The summed E-state index contributed by atoms with van der Waals surface area (Å²) in [6.07, 6.45) is 1.72. The van der Waals surface area contributed by atoms with Crippen LogP contribution in [0, 0.1) is 11.3 Å². The molecule has 0 spiro atoms. The number of rotatable bonds is 5. The topological polar surface area (TPSA) is 49.1 Å². The molecule has 2 rings (SSSR count). The second-order valence-electron chi connectivity index (χ2n) is 4.66. The number of hydrogen-bond acceptors (Lipinski definition) is 4. The third-order valence-electron chi connectivity index (χ3n) is 2.99. The minimum Gasteiger partial charge on any atom is -0.481 e. The van der Waals surface area contributed by atoms with E-state index in [2.05, 4.69) is 16.0 Å². The van der Waals surface area contributed by atoms with Gasteiger partial charge in [0.05, 0.1) is 18.7 Å². The van der Waals surface area contributed by atoms with Gasteiger partial charge in [0.15, 0.2) is 0 Å². The molecule has 0 amide bonds. The van der Waals surface area contributed by atoms with Crippen LogP contribution in [0.15, 0.2) is 42.6 Å². The van der Waals surface area contributed by atoms with Crippen LogP contribution in [0.25, 0.3) is 0 Å². The van der Waals surface area contributed by atoms with E-state index >= 15 is 0 Å². The van der Waals surface area contributed by atoms with Gasteiger partial charge in [-0.05, 0) is 30.8 Å². The second kappa shape index (κ2) is 6.69. The zero-order valence-corrected chi connectivity index (χ0v) is 11.7. The van der Waals surface area contributed by atoms with Crippen molar-refractivity contribution in [3.8, 4) is 11.9 Å². The Morgan fingerprint density at radius 2 is 2.10 bits per heavy atom. The molecule has 1 aromatic carbocycles. The van der Waals surface area contributed by atoms with E-state index in [9.17, 15) is 0 Å². The summed E-state index contributed by atoms with van der Waals surface area (Å²) >= 11 is 0. The van der Waals surface area contributed by atoms with E-state index < -0.39 is 0 Å². The molecule has 0 saturated carbocycles. The fourth-order valence-corrected chi connectivity index (χ4v) is 2.13. The highest BCUT2D eigenvalue weighted by molar-refractivity contribution is 5.33. The van der Waals surface area contributed by atoms with Crippen LogP contribution in [-0.2, 0) is 13.1 Å². The summed E-state index contributed by atoms with van der Waals surface area (Å²) in [6.45, 7) is 1.52. The maximum Gasteiger partial charge on any atom is 0.217 e. The van der Waals surface area contributed by atoms with Crippen molar-refractivity contribution in [1.82, 2.24) is 9.88 Å². The van der Waals surface area contributed by atoms with Gasteiger partial charge in [0.25, 0.3) is 0 Å². The number of hydrogen-bond donors (Lipinski definition) is 0. The van der Waals surface area contributed by atoms with E-state index in [1.54, 1.807) is 13.3 Å². The average Bonchev–Trinajstić information content (AvgIpc) is 2.48. The molecule has 1 aromatic heterocycles. The van der Waals surface area contributed by atoms with Crippen LogP contribution < -0.4 is 4.74 Å². The molecule has 0 aliphatic carbocycles. The number of methoxy groups -OCH3 is 1. The predicted octanol–water partition coefficient (Wildman–Crippen LogP) is 2.59. The summed E-state index contributed by atoms with van der Waals surface area (Å²) < 4.78 is 5.25. The molecule has 0 atom stereocenters. The molecule has 102 valence electrons. The Kier molecular flexibility index (Phi) is 4.70. The summed E-state index contributed by atoms with van der Waals surface area (Å²) in [4.78, 5) is 6.36. The number of aromatic nitrogens is 1. The van der Waals surface area contributed by atoms with E-state index in [0.29, 0.717) is 11.4 Å². The highest BCUT2D eigenvalue weighted by Gasteiger charge is 2.07. The number of nitrogens with zero attached hydrogens (tertiary/aromatic N) is 3. The van der Waals surface area contributed by atoms with E-state index in [0.717, 1.165) is 24.2 Å². The number of pyridine rings is 1. The first-order valence-corrected chi connectivity index (χ1v) is 6.38. The lowest BCUT2D eigenvalue weighted by atomic mass is 10.1. The van der Waals surface area contributed by atoms with Crippen molar-refractivity contribution in [3.63, 3.8) is 0 Å². The molecule has 0 radical (unpaired) electrons. The molecule has 4 nitrogen and oxygen atoms in total. The Hall–Kier alpha value is -2.38. The molecule has 0 fully saturated rings. The van der Waals surface area contributed by atoms with E-state index in [4.69, 9.17) is 10.00 Å². The minimum atomic E-state index is 0.658. The minimum absolute atomic E-state index is 0.658. The van der Waals surface area contributed by atoms with Crippen molar-refractivity contribution in [3.05, 3.63) is 59.3 Å². The van der Waals surface area contributed by atoms with Gasteiger partial charge in [0.2, 0.25) is 5.88 Å². The molecule has 2 aromatic rings. The fraction of sp³-hybridized carbons (Fsp3) is 0.250. The molecule has 0 bridgehead atoms. The van der Waals surface area contributed by atoms with Crippen molar-refractivity contribution in [1.29, 1.82) is 5.26 Å². The largest absolute Gasteiger partial charge is 0.481 e. The van der Waals surface area contributed by atoms with Crippen molar-refractivity contribution in [2.45, 2.75) is 13.1 Å². The van der Waals surface area contributed by atoms with Crippen LogP contribution in [0.4, 0.5) is 0 Å². The second-order valence-corrected chi connectivity index (χ2v) is 4.66. The first-order chi connectivity index (χ1) is 9.72. The van der Waals surface area contributed by atoms with Crippen molar-refractivity contribution < 1.29 is 4.74 Å². The fourth-order valence-electron chi connectivity index (χ4n) is 2.13. The van der Waals surface area contributed by atoms with Gasteiger partial charge in [0.1, 0.15) is 0 Å². The highest BCUT2D eigenvalue weighted by Crippen LogP contribution is 2.16. The lowest BCUT2D eigenvalue weighted by Crippen LogP contribution is -2.18. The van der Waals surface area contributed by atoms with Gasteiger partial charge in [-0.25, -0.2) is 4.98 Å². The summed E-state index contributed by atoms with van der Waals surface area (Å²) in [6, 6.07) is 13.7. The summed E-state index contributed by atoms with van der Waals surface area (Å²) in [5.74, 6) is 0.658. The van der Waals surface area contributed by atoms with Gasteiger partial charge < -0.3 is 4.74 Å². The van der Waals surface area contributed by atoms with Crippen molar-refractivity contribution in [2.24, 2.45) is 0 Å². The molecule has 0 aliphatic heterocycles. The first-order valence-electron chi connectivity index (χ1n) is 6.38. The Labute approximate surface area is 119 Å². The molecular formula is C16H17N3O. The van der Waals surface area contributed by atoms with Crippen LogP contribution in [0.1, 0.15) is 16.7 Å². The van der Waals surface area contributed by atoms with Crippen molar-refractivity contribution in [2.75, 3.05) is 14.2 Å². The standard InChI is InChI=1S/C16H17N3O/c1-19(11-14-6-3-5-13(9-14)10-17)12-15-7-4-8-18-16(15)20-2/h3-9H,11-12H2,1-2H3. The molecular weight excluding hydrogens is 250 g/mol. The number of ether oxygens (including phenoxy) is 1. The lowest BCUT2D eigenvalue weighted by Gasteiger charge is -2.18. The smallest absolute Gasteiger partial charge is 0.217 e. The van der Waals surface area contributed by atoms with Gasteiger partial charge >= 0.3 is 0 Å². The Bertz CT molecular complexity index is 619. The average molecular weight is 267 g/mol. The van der Waals surface area contributed by atoms with Crippen LogP contribution in [-0.4, -0.2) is 24.0 Å². The van der Waals surface area contributed by atoms with Crippen LogP contribution in [0.3, 0.4) is 0 Å². The quantitative estimate of drug-likeness (QED) is 0.835. The highest BCUT2D eigenvalue weighted by atomic mass is 16.5. The lowest BCUT2D eigenvalue weighted by molar-refractivity contribution is 0.307. The van der Waals surface area contributed by atoms with E-state index in [1.807, 2.05) is 43.4 Å². The molecule has 0 aliphatic rings. The zero-order chi connectivity index (χ0) is 14.4. The first kappa shape index (κ1) is 14.0. The van der Waals surface area contributed by atoms with E-state index in [1.165, 1.54) is 0 Å². The SMILES string of the molecule is COc1ncccc1CN(C)Cc1cccc(C#N)c1. The molecule has 0 saturated heterocycles. The van der Waals surface area contributed by atoms with Crippen LogP contribution >= 0.6 is 0 Å². The normalized spacial score (nSPS) is 10.3. The summed E-state index contributed by atoms with van der Waals surface area (Å²) in [5, 5.41) is 8.91. The van der Waals surface area contributed by atoms with Gasteiger partial charge in [-0.15, -0.1) is 0 Å². The third-order valence-corrected chi connectivity index (χ3v) is 2.99. The van der Waals surface area contributed by atoms with Gasteiger partial charge in [-0.3, -0.25) is 4.90 Å². The molecule has 0 N–H and O–H groups in total. The van der Waals surface area contributed by atoms with Gasteiger partial charge in [-0.1, -0.05) is 18.2 Å². The number of benzene rings is 1. The van der Waals surface area contributed by atoms with E-state index in [-0.39, 0.29) is 0 Å². The molecule has 20 heavy (non-hydrogen) atoms. The zero-order valence-electron chi connectivity index (χ0n) is 11.7. The van der Waals surface area contributed by atoms with Crippen LogP contribution in [0.5, 0.6) is 5.88 Å². The predicted molar refractivity (Wildman–Crippen MR) is 77.1 cm³/mol. The van der Waals surface area contributed by atoms with Crippen molar-refractivity contribution >= 4 is 0 Å². The maximum atomic E-state index is 8.91. The summed E-state index contributed by atoms with van der Waals surface area (Å²) in [5.41, 5.74) is 2.86. The third kappa shape index (κ3) is 3.56. The molecule has 1 heterocycles. The Morgan fingerprint density at radius 3 is 2.85 bits per heavy atom. The van der Waals surface area contributed by atoms with Gasteiger partial charge in [-0.2, -0.15) is 5.26 Å². The Morgan fingerprint density at radius 1 is 1.25 bits per heavy atom. The maximum absolute atomic E-state index is 8.91. The number of nitriles is 1.